The normalized spacial score (nSPS) is 17.5. The molecule has 0 spiro atoms. The molecule has 1 atom stereocenters. The van der Waals surface area contributed by atoms with E-state index >= 15 is 0 Å². The number of imidazole rings is 3. The molecule has 1 saturated heterocycles. The molecular formula is C76H98I2N12O6Sn. The summed E-state index contributed by atoms with van der Waals surface area (Å²) in [4.78, 5) is 79.0. The van der Waals surface area contributed by atoms with Gasteiger partial charge in [-0.2, -0.15) is 0 Å². The first-order valence-corrected chi connectivity index (χ1v) is 45.0. The number of nitrogens with zero attached hydrogens (tertiary/aromatic N) is 10. The number of allylic oxidation sites excluding steroid dienone is 2. The first kappa shape index (κ1) is 74.7. The Morgan fingerprint density at radius 1 is 0.608 bits per heavy atom. The number of benzene rings is 3. The molecule has 11 heterocycles. The van der Waals surface area contributed by atoms with E-state index in [1.807, 2.05) is 87.8 Å². The molecule has 8 aliphatic heterocycles. The van der Waals surface area contributed by atoms with Crippen molar-refractivity contribution >= 4 is 116 Å². The number of unbranched alkanes of at least 4 members (excludes halogenated alkanes) is 3. The minimum Gasteiger partial charge on any atom is -0.374 e. The quantitative estimate of drug-likeness (QED) is 0.0787. The van der Waals surface area contributed by atoms with Crippen LogP contribution in [0.2, 0.25) is 13.3 Å². The monoisotopic (exact) mass is 1650 g/mol. The summed E-state index contributed by atoms with van der Waals surface area (Å²) >= 11 is 2.53. The van der Waals surface area contributed by atoms with E-state index in [-0.39, 0.29) is 49.4 Å². The van der Waals surface area contributed by atoms with Gasteiger partial charge in [-0.3, -0.25) is 38.3 Å². The van der Waals surface area contributed by atoms with Crippen LogP contribution >= 0.6 is 45.2 Å². The molecule has 4 amide bonds. The Bertz CT molecular complexity index is 3850. The molecule has 2 N–H and O–H groups in total. The predicted octanol–water partition coefficient (Wildman–Crippen LogP) is 14.5. The molecule has 1 unspecified atom stereocenters. The van der Waals surface area contributed by atoms with Gasteiger partial charge in [-0.15, -0.1) is 0 Å². The molecule has 0 bridgehead atoms. The van der Waals surface area contributed by atoms with Gasteiger partial charge in [-0.05, 0) is 131 Å². The minimum absolute atomic E-state index is 0.0448. The van der Waals surface area contributed by atoms with Gasteiger partial charge in [0, 0.05) is 92.6 Å². The fourth-order valence-electron chi connectivity index (χ4n) is 13.5. The number of carbonyl (C=O) groups is 4. The smallest absolute Gasteiger partial charge is 0.248 e. The number of aromatic nitrogens is 6. The Morgan fingerprint density at radius 2 is 1.11 bits per heavy atom. The first-order valence-electron chi connectivity index (χ1n) is 35.4. The second-order valence-corrected chi connectivity index (χ2v) is 40.2. The van der Waals surface area contributed by atoms with Gasteiger partial charge < -0.3 is 29.7 Å². The zero-order valence-electron chi connectivity index (χ0n) is 58.1. The Labute approximate surface area is 605 Å². The van der Waals surface area contributed by atoms with Gasteiger partial charge in [0.05, 0.1) is 47.5 Å². The van der Waals surface area contributed by atoms with E-state index in [0.717, 1.165) is 121 Å². The van der Waals surface area contributed by atoms with Crippen LogP contribution in [0.25, 0.3) is 17.1 Å². The summed E-state index contributed by atoms with van der Waals surface area (Å²) < 4.78 is 24.4. The number of carbonyl (C=O) groups excluding carboxylic acids is 4. The summed E-state index contributed by atoms with van der Waals surface area (Å²) in [5.41, 5.74) is 14.2. The number of fused-ring (bicyclic) bond motifs is 9. The third-order valence-electron chi connectivity index (χ3n) is 18.8. The molecule has 6 aromatic rings. The van der Waals surface area contributed by atoms with Crippen molar-refractivity contribution in [2.75, 3.05) is 52.5 Å². The molecule has 97 heavy (non-hydrogen) atoms. The van der Waals surface area contributed by atoms with Gasteiger partial charge in [0.25, 0.3) is 0 Å². The van der Waals surface area contributed by atoms with E-state index in [1.165, 1.54) is 99.4 Å². The Morgan fingerprint density at radius 3 is 1.56 bits per heavy atom. The van der Waals surface area contributed by atoms with Crippen molar-refractivity contribution in [2.24, 2.45) is 9.98 Å². The van der Waals surface area contributed by atoms with Gasteiger partial charge >= 0.3 is 119 Å². The average molecular weight is 1650 g/mol. The van der Waals surface area contributed by atoms with Gasteiger partial charge in [0.1, 0.15) is 37.4 Å². The summed E-state index contributed by atoms with van der Waals surface area (Å²) in [7, 11) is 0. The number of aromatic amines is 1. The SMILES string of the molecule is CC.CCC[CH2][Sn]([CH2]CCC)([CH2]CCC)[C]1=CCCO1.CCc1cn(C2=NCC(=O)N3CCc4c(I)cccc4C3=C2)cn1.CCc1cn(C2=NCC(=O)N3CCc4c(cccc4C4CCCO4)C3=C2)cn1.CCc1cnc[nH]1.O=C1C=C2c3cccc(I)c3CCN2C(=O)CN1. The predicted molar refractivity (Wildman–Crippen MR) is 407 cm³/mol. The zero-order valence-corrected chi connectivity index (χ0v) is 65.3. The van der Waals surface area contributed by atoms with Crippen LogP contribution in [0.5, 0.6) is 0 Å². The van der Waals surface area contributed by atoms with Crippen LogP contribution in [0.1, 0.15) is 175 Å². The Balaban J connectivity index is 0.000000147. The van der Waals surface area contributed by atoms with Crippen LogP contribution in [0, 0.1) is 7.14 Å². The molecule has 14 rings (SSSR count). The van der Waals surface area contributed by atoms with E-state index in [9.17, 15) is 19.2 Å². The van der Waals surface area contributed by atoms with Crippen molar-refractivity contribution < 1.29 is 28.7 Å². The molecule has 0 aliphatic carbocycles. The maximum atomic E-state index is 12.8. The van der Waals surface area contributed by atoms with Crippen molar-refractivity contribution in [3.8, 4) is 0 Å². The number of rotatable bonds is 14. The van der Waals surface area contributed by atoms with Crippen molar-refractivity contribution in [1.29, 1.82) is 0 Å². The summed E-state index contributed by atoms with van der Waals surface area (Å²) in [6.07, 6.45) is 36.4. The molecule has 8 aliphatic rings. The molecule has 516 valence electrons. The molecule has 1 fully saturated rings. The average Bonchev–Trinajstić information content (AvgIpc) is 1.77. The minimum atomic E-state index is -2.14. The summed E-state index contributed by atoms with van der Waals surface area (Å²) in [5.74, 6) is 1.37. The first-order chi connectivity index (χ1) is 47.3. The third kappa shape index (κ3) is 18.7. The molecule has 18 nitrogen and oxygen atoms in total. The van der Waals surface area contributed by atoms with Crippen molar-refractivity contribution in [2.45, 2.75) is 171 Å². The van der Waals surface area contributed by atoms with E-state index in [2.05, 4.69) is 158 Å². The number of H-pyrrole nitrogens is 1. The third-order valence-corrected chi connectivity index (χ3v) is 36.0. The largest absolute Gasteiger partial charge is 0.374 e. The summed E-state index contributed by atoms with van der Waals surface area (Å²) in [5, 5.41) is 2.59. The van der Waals surface area contributed by atoms with Gasteiger partial charge in [-0.25, -0.2) is 15.0 Å². The summed E-state index contributed by atoms with van der Waals surface area (Å²) in [6, 6.07) is 18.6. The Hall–Kier alpha value is -6.51. The fraction of sp³-hybridized carbons (Fsp3) is 0.461. The van der Waals surface area contributed by atoms with E-state index in [1.54, 1.807) is 27.7 Å². The molecule has 3 aromatic heterocycles. The van der Waals surface area contributed by atoms with Crippen LogP contribution in [0.3, 0.4) is 0 Å². The van der Waals surface area contributed by atoms with Gasteiger partial charge in [-0.1, -0.05) is 77.1 Å². The zero-order chi connectivity index (χ0) is 68.8. The number of aryl methyl sites for hydroxylation is 3. The standard InChI is InChI=1S/C22H24N4O2.C18H17IN4O.C13H11IN2O2.C5H8N2.C4H5O.3C4H9.C2H6.Sn/c1-2-15-13-25(14-24-15)21-11-19-17-5-3-6-18(20-7-4-10-28-20)16(17)8-9-26(19)22(27)12-23-21;1-2-12-10-22(11-21-12)17-8-16-14-4-3-5-15(19)13(14)6-7-23(16)18(24)9-20-17;14-10-3-1-2-9-8(10)4-5-16-11(9)6-12(17)15-7-13(16)18;1-2-5-3-6-4-7-5;1-2-4-5-3-1;3*1-3-4-2;1-2;/h3,5-6,11,13-14,20H,2,4,7-10,12H2,1H3;3-5,8,10-11H,2,6-7,9H2,1H3;1-3,6H,4-5,7H2,(H,15,17);3-4H,2H2,1H3,(H,6,7);1H,2,4H2;3*1,3-4H2,2H3;1-2H3;. The molecule has 0 saturated carbocycles. The van der Waals surface area contributed by atoms with E-state index in [0.29, 0.717) is 19.6 Å². The number of aliphatic imine (C=N–C) groups is 2. The maximum absolute atomic E-state index is 12.8. The maximum Gasteiger partial charge on any atom is 0.248 e. The number of ether oxygens (including phenoxy) is 2. The number of hydrogen-bond donors (Lipinski definition) is 2. The van der Waals surface area contributed by atoms with Crippen LogP contribution in [0.4, 0.5) is 0 Å². The second kappa shape index (κ2) is 37.1. The number of hydrogen-bond acceptors (Lipinski definition) is 11. The molecular weight excluding hydrogens is 1550 g/mol. The van der Waals surface area contributed by atoms with Crippen LogP contribution < -0.4 is 5.32 Å². The van der Waals surface area contributed by atoms with Crippen LogP contribution in [-0.4, -0.2) is 150 Å². The number of nitrogens with one attached hydrogen (secondary N) is 2. The number of halogens is 2. The van der Waals surface area contributed by atoms with Gasteiger partial charge in [0.15, 0.2) is 0 Å². The molecule has 21 heteroatoms. The topological polar surface area (TPSA) is 198 Å². The van der Waals surface area contributed by atoms with Gasteiger partial charge in [0.2, 0.25) is 23.6 Å². The van der Waals surface area contributed by atoms with Crippen LogP contribution in [0.15, 0.2) is 130 Å². The van der Waals surface area contributed by atoms with Crippen molar-refractivity contribution in [3.05, 3.63) is 183 Å². The number of amides is 4. The van der Waals surface area contributed by atoms with E-state index < -0.39 is 18.4 Å². The second-order valence-electron chi connectivity index (χ2n) is 24.9. The van der Waals surface area contributed by atoms with E-state index in [4.69, 9.17) is 9.47 Å². The Kier molecular flexibility index (Phi) is 28.5. The summed E-state index contributed by atoms with van der Waals surface area (Å²) in [6.45, 7) is 21.5. The van der Waals surface area contributed by atoms with Crippen molar-refractivity contribution in [3.63, 3.8) is 0 Å². The van der Waals surface area contributed by atoms with Crippen molar-refractivity contribution in [1.82, 2.24) is 49.1 Å². The molecule has 3 aromatic carbocycles. The fourth-order valence-corrected chi connectivity index (χ4v) is 30.9. The van der Waals surface area contributed by atoms with Crippen LogP contribution in [-0.2, 0) is 67.2 Å². The molecule has 0 radical (unpaired) electrons.